The summed E-state index contributed by atoms with van der Waals surface area (Å²) in [7, 11) is 0. The molecule has 1 heterocycles. The minimum Gasteiger partial charge on any atom is -0.253 e. The van der Waals surface area contributed by atoms with Gasteiger partial charge in [0.1, 0.15) is 11.5 Å². The van der Waals surface area contributed by atoms with Crippen LogP contribution in [0.5, 0.6) is 0 Å². The fraction of sp³-hybridized carbons (Fsp3) is 0. The fourth-order valence-electron chi connectivity index (χ4n) is 1.18. The molecule has 0 N–H and O–H groups in total. The van der Waals surface area contributed by atoms with Crippen molar-refractivity contribution in [2.24, 2.45) is 0 Å². The molecule has 3 heteroatoms. The van der Waals surface area contributed by atoms with Crippen LogP contribution in [0.4, 0.5) is 4.39 Å². The molecule has 1 aromatic heterocycles. The normalized spacial score (nSPS) is 10.1. The van der Waals surface area contributed by atoms with Gasteiger partial charge in [0.15, 0.2) is 0 Å². The van der Waals surface area contributed by atoms with Gasteiger partial charge in [-0.2, -0.15) is 0 Å². The molecule has 0 aliphatic heterocycles. The van der Waals surface area contributed by atoms with Crippen LogP contribution in [-0.2, 0) is 0 Å². The van der Waals surface area contributed by atoms with Gasteiger partial charge in [-0.05, 0) is 46.9 Å². The summed E-state index contributed by atoms with van der Waals surface area (Å²) in [5, 5.41) is 0. The first-order valence-corrected chi connectivity index (χ1v) is 5.13. The third-order valence-electron chi connectivity index (χ3n) is 1.80. The first-order chi connectivity index (χ1) is 6.77. The topological polar surface area (TPSA) is 12.9 Å². The molecule has 0 aliphatic carbocycles. The minimum absolute atomic E-state index is 0.297. The van der Waals surface area contributed by atoms with Crippen LogP contribution in [-0.4, -0.2) is 4.98 Å². The molecule has 0 fully saturated rings. The number of aromatic nitrogens is 1. The van der Waals surface area contributed by atoms with Gasteiger partial charge < -0.3 is 0 Å². The average molecular weight is 298 g/mol. The smallest absolute Gasteiger partial charge is 0.149 e. The van der Waals surface area contributed by atoms with E-state index in [4.69, 9.17) is 0 Å². The van der Waals surface area contributed by atoms with E-state index < -0.39 is 0 Å². The molecule has 0 atom stereocenters. The summed E-state index contributed by atoms with van der Waals surface area (Å²) < 4.78 is 14.3. The van der Waals surface area contributed by atoms with Crippen molar-refractivity contribution in [2.75, 3.05) is 0 Å². The first-order valence-electron chi connectivity index (χ1n) is 4.05. The van der Waals surface area contributed by atoms with Crippen LogP contribution in [0.1, 0.15) is 0 Å². The lowest BCUT2D eigenvalue weighted by atomic mass is 10.1. The summed E-state index contributed by atoms with van der Waals surface area (Å²) in [6.45, 7) is 0. The molecule has 0 bridgehead atoms. The number of halogens is 2. The van der Waals surface area contributed by atoms with Gasteiger partial charge in [0.2, 0.25) is 0 Å². The van der Waals surface area contributed by atoms with Gasteiger partial charge in [-0.25, -0.2) is 4.39 Å². The quantitative estimate of drug-likeness (QED) is 0.736. The summed E-state index contributed by atoms with van der Waals surface area (Å²) in [6.07, 6.45) is 1.59. The molecule has 0 saturated carbocycles. The van der Waals surface area contributed by atoms with E-state index in [0.717, 1.165) is 9.13 Å². The van der Waals surface area contributed by atoms with E-state index in [0.29, 0.717) is 5.69 Å². The van der Waals surface area contributed by atoms with Gasteiger partial charge in [-0.3, -0.25) is 4.98 Å². The largest absolute Gasteiger partial charge is 0.253 e. The van der Waals surface area contributed by atoms with Crippen molar-refractivity contribution in [1.82, 2.24) is 4.98 Å². The molecule has 0 unspecified atom stereocenters. The third kappa shape index (κ3) is 1.92. The Morgan fingerprint density at radius 1 is 1.36 bits per heavy atom. The van der Waals surface area contributed by atoms with E-state index in [1.165, 1.54) is 6.07 Å². The maximum Gasteiger partial charge on any atom is 0.149 e. The van der Waals surface area contributed by atoms with E-state index in [2.05, 4.69) is 33.6 Å². The highest BCUT2D eigenvalue weighted by molar-refractivity contribution is 14.1. The molecular formula is C11H6FIN. The summed E-state index contributed by atoms with van der Waals surface area (Å²) in [5.41, 5.74) is 1.17. The first kappa shape index (κ1) is 9.58. The molecule has 0 saturated heterocycles. The highest BCUT2D eigenvalue weighted by atomic mass is 127. The number of nitrogens with zero attached hydrogens (tertiary/aromatic N) is 1. The second-order valence-electron chi connectivity index (χ2n) is 2.76. The van der Waals surface area contributed by atoms with E-state index in [-0.39, 0.29) is 5.82 Å². The van der Waals surface area contributed by atoms with Crippen LogP contribution in [0.15, 0.2) is 36.5 Å². The summed E-state index contributed by atoms with van der Waals surface area (Å²) in [6, 6.07) is 11.4. The van der Waals surface area contributed by atoms with E-state index in [9.17, 15) is 4.39 Å². The van der Waals surface area contributed by atoms with E-state index in [1.807, 2.05) is 6.07 Å². The number of hydrogen-bond donors (Lipinski definition) is 0. The van der Waals surface area contributed by atoms with Gasteiger partial charge in [0, 0.05) is 15.3 Å². The molecule has 2 aromatic rings. The number of benzene rings is 1. The van der Waals surface area contributed by atoms with Crippen LogP contribution in [0.3, 0.4) is 0 Å². The van der Waals surface area contributed by atoms with Gasteiger partial charge in [0.05, 0.1) is 0 Å². The van der Waals surface area contributed by atoms with Crippen molar-refractivity contribution >= 4 is 22.6 Å². The zero-order chi connectivity index (χ0) is 9.97. The number of pyridine rings is 1. The number of rotatable bonds is 1. The van der Waals surface area contributed by atoms with Crippen LogP contribution in [0.25, 0.3) is 11.3 Å². The second-order valence-corrected chi connectivity index (χ2v) is 3.92. The summed E-state index contributed by atoms with van der Waals surface area (Å²) in [5.74, 6) is -0.297. The van der Waals surface area contributed by atoms with E-state index >= 15 is 0 Å². The molecule has 14 heavy (non-hydrogen) atoms. The molecule has 0 aliphatic rings. The van der Waals surface area contributed by atoms with Crippen LogP contribution >= 0.6 is 22.6 Å². The lowest BCUT2D eigenvalue weighted by Crippen LogP contribution is -1.88. The van der Waals surface area contributed by atoms with Crippen LogP contribution < -0.4 is 0 Å². The highest BCUT2D eigenvalue weighted by Crippen LogP contribution is 2.21. The molecule has 0 spiro atoms. The minimum atomic E-state index is -0.297. The Morgan fingerprint density at radius 3 is 2.93 bits per heavy atom. The summed E-state index contributed by atoms with van der Waals surface area (Å²) in [4.78, 5) is 4.00. The second kappa shape index (κ2) is 4.04. The Labute approximate surface area is 95.1 Å². The molecule has 1 radical (unpaired) electrons. The Hall–Kier alpha value is -0.970. The maximum absolute atomic E-state index is 13.3. The highest BCUT2D eigenvalue weighted by Gasteiger charge is 2.04. The van der Waals surface area contributed by atoms with Crippen molar-refractivity contribution in [3.8, 4) is 11.3 Å². The van der Waals surface area contributed by atoms with Crippen LogP contribution in [0.2, 0.25) is 0 Å². The van der Waals surface area contributed by atoms with Gasteiger partial charge in [0.25, 0.3) is 0 Å². The summed E-state index contributed by atoms with van der Waals surface area (Å²) >= 11 is 2.14. The Kier molecular flexibility index (Phi) is 2.77. The zero-order valence-corrected chi connectivity index (χ0v) is 9.32. The van der Waals surface area contributed by atoms with E-state index in [1.54, 1.807) is 24.4 Å². The SMILES string of the molecule is Fc1cccnc1-c1cc[c]c(I)c1. The third-order valence-corrected chi connectivity index (χ3v) is 2.42. The molecule has 0 amide bonds. The predicted octanol–water partition coefficient (Wildman–Crippen LogP) is 3.29. The van der Waals surface area contributed by atoms with Gasteiger partial charge >= 0.3 is 0 Å². The molecule has 1 nitrogen and oxygen atoms in total. The lowest BCUT2D eigenvalue weighted by Gasteiger charge is -2.01. The molecule has 2 rings (SSSR count). The maximum atomic E-state index is 13.3. The Balaban J connectivity index is 2.55. The predicted molar refractivity (Wildman–Crippen MR) is 61.2 cm³/mol. The van der Waals surface area contributed by atoms with Crippen molar-refractivity contribution in [2.45, 2.75) is 0 Å². The average Bonchev–Trinajstić information content (AvgIpc) is 2.18. The molecular weight excluding hydrogens is 292 g/mol. The molecule has 1 aromatic carbocycles. The van der Waals surface area contributed by atoms with Crippen molar-refractivity contribution in [1.29, 1.82) is 0 Å². The van der Waals surface area contributed by atoms with Gasteiger partial charge in [-0.15, -0.1) is 0 Å². The zero-order valence-electron chi connectivity index (χ0n) is 7.17. The fourth-order valence-corrected chi connectivity index (χ4v) is 1.70. The monoisotopic (exact) mass is 298 g/mol. The van der Waals surface area contributed by atoms with Crippen molar-refractivity contribution in [3.05, 3.63) is 52.0 Å². The van der Waals surface area contributed by atoms with Crippen molar-refractivity contribution in [3.63, 3.8) is 0 Å². The Morgan fingerprint density at radius 2 is 2.21 bits per heavy atom. The van der Waals surface area contributed by atoms with Crippen molar-refractivity contribution < 1.29 is 4.39 Å². The Bertz CT molecular complexity index is 457. The standard InChI is InChI=1S/C11H6FIN/c12-10-5-2-6-14-11(10)8-3-1-4-9(13)7-8/h1-3,5-7H. The molecule has 69 valence electrons. The van der Waals surface area contributed by atoms with Gasteiger partial charge in [-0.1, -0.05) is 12.1 Å². The van der Waals surface area contributed by atoms with Crippen LogP contribution in [0, 0.1) is 15.5 Å². The lowest BCUT2D eigenvalue weighted by molar-refractivity contribution is 0.626. The number of hydrogen-bond acceptors (Lipinski definition) is 1.